The predicted octanol–water partition coefficient (Wildman–Crippen LogP) is 3.35. The molecule has 0 radical (unpaired) electrons. The minimum atomic E-state index is -0.106. The van der Waals surface area contributed by atoms with Crippen molar-refractivity contribution >= 4 is 27.3 Å². The summed E-state index contributed by atoms with van der Waals surface area (Å²) < 4.78 is 10.9. The zero-order valence-corrected chi connectivity index (χ0v) is 12.8. The van der Waals surface area contributed by atoms with Gasteiger partial charge in [0.15, 0.2) is 12.4 Å². The van der Waals surface area contributed by atoms with Crippen molar-refractivity contribution in [2.75, 3.05) is 13.2 Å². The number of fused-ring (bicyclic) bond motifs is 1. The number of ketones is 1. The van der Waals surface area contributed by atoms with Crippen molar-refractivity contribution in [3.8, 4) is 11.6 Å². The second kappa shape index (κ2) is 6.53. The number of thiophene rings is 1. The van der Waals surface area contributed by atoms with Crippen LogP contribution in [0, 0.1) is 0 Å². The van der Waals surface area contributed by atoms with Crippen molar-refractivity contribution < 1.29 is 14.3 Å². The Hall–Kier alpha value is -2.47. The normalized spacial score (nSPS) is 10.6. The first kappa shape index (κ1) is 14.5. The minimum Gasteiger partial charge on any atom is -0.494 e. The number of aromatic nitrogens is 2. The maximum absolute atomic E-state index is 12.2. The average molecular weight is 314 g/mol. The van der Waals surface area contributed by atoms with E-state index >= 15 is 0 Å². The van der Waals surface area contributed by atoms with E-state index < -0.39 is 0 Å². The second-order valence-corrected chi connectivity index (χ2v) is 5.38. The molecule has 3 rings (SSSR count). The Balaban J connectivity index is 1.68. The molecule has 5 nitrogen and oxygen atoms in total. The molecular weight excluding hydrogens is 300 g/mol. The Morgan fingerprint density at radius 3 is 2.73 bits per heavy atom. The summed E-state index contributed by atoms with van der Waals surface area (Å²) in [5.41, 5.74) is 0.582. The van der Waals surface area contributed by atoms with Crippen LogP contribution in [0.1, 0.15) is 17.3 Å². The molecule has 0 spiro atoms. The van der Waals surface area contributed by atoms with E-state index in [0.29, 0.717) is 18.1 Å². The van der Waals surface area contributed by atoms with Crippen molar-refractivity contribution in [1.82, 2.24) is 9.97 Å². The Morgan fingerprint density at radius 2 is 1.95 bits per heavy atom. The van der Waals surface area contributed by atoms with Gasteiger partial charge < -0.3 is 9.47 Å². The van der Waals surface area contributed by atoms with Gasteiger partial charge in [0.2, 0.25) is 5.88 Å². The molecule has 0 aliphatic heterocycles. The second-order valence-electron chi connectivity index (χ2n) is 4.49. The number of hydrogen-bond donors (Lipinski definition) is 0. The number of carbonyl (C=O) groups is 1. The average Bonchev–Trinajstić information content (AvgIpc) is 3.03. The van der Waals surface area contributed by atoms with Gasteiger partial charge in [-0.25, -0.2) is 9.97 Å². The Bertz CT molecular complexity index is 783. The number of hydrogen-bond acceptors (Lipinski definition) is 6. The standard InChI is InChI=1S/C16H14N2O3S/c1-2-20-12-5-3-11(4-6-12)14(19)9-21-15-13-7-8-22-16(13)18-10-17-15/h3-8,10H,2,9H2,1H3. The summed E-state index contributed by atoms with van der Waals surface area (Å²) in [7, 11) is 0. The molecule has 0 bridgehead atoms. The van der Waals surface area contributed by atoms with E-state index in [4.69, 9.17) is 9.47 Å². The van der Waals surface area contributed by atoms with E-state index in [2.05, 4.69) is 9.97 Å². The summed E-state index contributed by atoms with van der Waals surface area (Å²) in [6.07, 6.45) is 1.44. The Labute approximate surface area is 131 Å². The molecule has 1 aromatic carbocycles. The molecule has 2 heterocycles. The van der Waals surface area contributed by atoms with E-state index in [1.54, 1.807) is 24.3 Å². The summed E-state index contributed by atoms with van der Waals surface area (Å²) in [5, 5.41) is 2.74. The third-order valence-electron chi connectivity index (χ3n) is 3.05. The van der Waals surface area contributed by atoms with Gasteiger partial charge in [-0.3, -0.25) is 4.79 Å². The number of ether oxygens (including phenoxy) is 2. The van der Waals surface area contributed by atoms with Crippen molar-refractivity contribution in [3.05, 3.63) is 47.6 Å². The molecule has 0 saturated heterocycles. The van der Waals surface area contributed by atoms with Crippen LogP contribution in [0.3, 0.4) is 0 Å². The van der Waals surface area contributed by atoms with E-state index in [9.17, 15) is 4.79 Å². The van der Waals surface area contributed by atoms with Gasteiger partial charge in [0.25, 0.3) is 0 Å². The molecule has 0 aliphatic rings. The van der Waals surface area contributed by atoms with Gasteiger partial charge in [0.1, 0.15) is 16.9 Å². The largest absolute Gasteiger partial charge is 0.494 e. The minimum absolute atomic E-state index is 0.0596. The fourth-order valence-electron chi connectivity index (χ4n) is 2.00. The topological polar surface area (TPSA) is 61.3 Å². The first-order valence-electron chi connectivity index (χ1n) is 6.85. The molecule has 112 valence electrons. The predicted molar refractivity (Wildman–Crippen MR) is 84.9 cm³/mol. The van der Waals surface area contributed by atoms with Crippen LogP contribution in [0.4, 0.5) is 0 Å². The van der Waals surface area contributed by atoms with E-state index in [1.807, 2.05) is 18.4 Å². The highest BCUT2D eigenvalue weighted by Crippen LogP contribution is 2.25. The lowest BCUT2D eigenvalue weighted by Crippen LogP contribution is -2.12. The Kier molecular flexibility index (Phi) is 4.29. The van der Waals surface area contributed by atoms with Crippen LogP contribution >= 0.6 is 11.3 Å². The summed E-state index contributed by atoms with van der Waals surface area (Å²) in [5.74, 6) is 1.08. The summed E-state index contributed by atoms with van der Waals surface area (Å²) in [6, 6.07) is 8.90. The summed E-state index contributed by atoms with van der Waals surface area (Å²) in [4.78, 5) is 21.2. The molecule has 22 heavy (non-hydrogen) atoms. The van der Waals surface area contributed by atoms with Crippen molar-refractivity contribution in [1.29, 1.82) is 0 Å². The van der Waals surface area contributed by atoms with Crippen LogP contribution in [0.15, 0.2) is 42.0 Å². The zero-order chi connectivity index (χ0) is 15.4. The van der Waals surface area contributed by atoms with Gasteiger partial charge in [-0.15, -0.1) is 11.3 Å². The van der Waals surface area contributed by atoms with Crippen LogP contribution in [-0.2, 0) is 0 Å². The van der Waals surface area contributed by atoms with Crippen LogP contribution in [0.25, 0.3) is 10.2 Å². The first-order chi connectivity index (χ1) is 10.8. The van der Waals surface area contributed by atoms with Crippen molar-refractivity contribution in [2.45, 2.75) is 6.92 Å². The lowest BCUT2D eigenvalue weighted by atomic mass is 10.1. The van der Waals surface area contributed by atoms with E-state index in [1.165, 1.54) is 17.7 Å². The van der Waals surface area contributed by atoms with Gasteiger partial charge >= 0.3 is 0 Å². The van der Waals surface area contributed by atoms with Crippen LogP contribution < -0.4 is 9.47 Å². The maximum Gasteiger partial charge on any atom is 0.225 e. The van der Waals surface area contributed by atoms with Gasteiger partial charge in [0.05, 0.1) is 12.0 Å². The molecule has 3 aromatic rings. The summed E-state index contributed by atoms with van der Waals surface area (Å²) in [6.45, 7) is 2.45. The fourth-order valence-corrected chi connectivity index (χ4v) is 2.73. The number of rotatable bonds is 6. The number of nitrogens with zero attached hydrogens (tertiary/aromatic N) is 2. The Morgan fingerprint density at radius 1 is 1.14 bits per heavy atom. The molecular formula is C16H14N2O3S. The molecule has 0 unspecified atom stereocenters. The number of benzene rings is 1. The van der Waals surface area contributed by atoms with Crippen molar-refractivity contribution in [3.63, 3.8) is 0 Å². The number of Topliss-reactive ketones (excluding diaryl/α,β-unsaturated/α-hetero) is 1. The van der Waals surface area contributed by atoms with Crippen LogP contribution in [-0.4, -0.2) is 29.0 Å². The molecule has 0 saturated carbocycles. The number of carbonyl (C=O) groups excluding carboxylic acids is 1. The molecule has 0 amide bonds. The third-order valence-corrected chi connectivity index (χ3v) is 3.87. The van der Waals surface area contributed by atoms with Crippen LogP contribution in [0.5, 0.6) is 11.6 Å². The lowest BCUT2D eigenvalue weighted by Gasteiger charge is -2.06. The quantitative estimate of drug-likeness (QED) is 0.653. The lowest BCUT2D eigenvalue weighted by molar-refractivity contribution is 0.0919. The highest BCUT2D eigenvalue weighted by molar-refractivity contribution is 7.16. The zero-order valence-electron chi connectivity index (χ0n) is 12.0. The van der Waals surface area contributed by atoms with Crippen LogP contribution in [0.2, 0.25) is 0 Å². The molecule has 6 heteroatoms. The van der Waals surface area contributed by atoms with E-state index in [-0.39, 0.29) is 12.4 Å². The molecule has 2 aromatic heterocycles. The molecule has 0 atom stereocenters. The fraction of sp³-hybridized carbons (Fsp3) is 0.188. The van der Waals surface area contributed by atoms with Gasteiger partial charge in [-0.1, -0.05) is 0 Å². The summed E-state index contributed by atoms with van der Waals surface area (Å²) >= 11 is 1.51. The van der Waals surface area contributed by atoms with Crippen molar-refractivity contribution in [2.24, 2.45) is 0 Å². The smallest absolute Gasteiger partial charge is 0.225 e. The highest BCUT2D eigenvalue weighted by atomic mass is 32.1. The van der Waals surface area contributed by atoms with Gasteiger partial charge in [-0.05, 0) is 42.6 Å². The monoisotopic (exact) mass is 314 g/mol. The van der Waals surface area contributed by atoms with Gasteiger partial charge in [-0.2, -0.15) is 0 Å². The van der Waals surface area contributed by atoms with E-state index in [0.717, 1.165) is 16.0 Å². The third kappa shape index (κ3) is 3.07. The van der Waals surface area contributed by atoms with Gasteiger partial charge in [0, 0.05) is 5.56 Å². The maximum atomic E-state index is 12.2. The molecule has 0 N–H and O–H groups in total. The molecule has 0 aliphatic carbocycles. The SMILES string of the molecule is CCOc1ccc(C(=O)COc2ncnc3sccc23)cc1. The highest BCUT2D eigenvalue weighted by Gasteiger charge is 2.10. The first-order valence-corrected chi connectivity index (χ1v) is 7.73. The molecule has 0 fully saturated rings.